The third kappa shape index (κ3) is 5.27. The van der Waals surface area contributed by atoms with Crippen LogP contribution < -0.4 is 5.32 Å². The molecule has 100 valence electrons. The second-order valence-corrected chi connectivity index (χ2v) is 3.76. The van der Waals surface area contributed by atoms with E-state index in [9.17, 15) is 9.90 Å². The van der Waals surface area contributed by atoms with Crippen molar-refractivity contribution in [1.82, 2.24) is 5.32 Å². The highest BCUT2D eigenvalue weighted by Gasteiger charge is 2.12. The number of nitrogens with one attached hydrogen (secondary N) is 1. The van der Waals surface area contributed by atoms with E-state index in [4.69, 9.17) is 9.47 Å². The molecule has 0 aliphatic heterocycles. The van der Waals surface area contributed by atoms with Crippen LogP contribution in [0.2, 0.25) is 0 Å². The molecule has 0 saturated heterocycles. The van der Waals surface area contributed by atoms with Crippen molar-refractivity contribution in [2.24, 2.45) is 0 Å². The number of hydrogen-bond donors (Lipinski definition) is 2. The average molecular weight is 253 g/mol. The number of carbonyl (C=O) groups excluding carboxylic acids is 1. The van der Waals surface area contributed by atoms with E-state index >= 15 is 0 Å². The van der Waals surface area contributed by atoms with Gasteiger partial charge in [0, 0.05) is 7.11 Å². The van der Waals surface area contributed by atoms with Crippen molar-refractivity contribution in [3.8, 4) is 0 Å². The zero-order valence-electron chi connectivity index (χ0n) is 10.5. The van der Waals surface area contributed by atoms with E-state index < -0.39 is 6.04 Å². The Hall–Kier alpha value is -1.43. The minimum absolute atomic E-state index is 0.0350. The zero-order valence-corrected chi connectivity index (χ0v) is 10.5. The second kappa shape index (κ2) is 8.63. The van der Waals surface area contributed by atoms with Gasteiger partial charge in [-0.25, -0.2) is 0 Å². The molecule has 5 heteroatoms. The Kier molecular flexibility index (Phi) is 7.01. The Labute approximate surface area is 107 Å². The van der Waals surface area contributed by atoms with E-state index in [1.54, 1.807) is 7.11 Å². The van der Waals surface area contributed by atoms with Crippen LogP contribution >= 0.6 is 0 Å². The van der Waals surface area contributed by atoms with E-state index in [2.05, 4.69) is 5.32 Å². The minimum Gasteiger partial charge on any atom is -0.394 e. The number of aliphatic hydroxyl groups excluding tert-OH is 1. The fourth-order valence-corrected chi connectivity index (χ4v) is 1.46. The SMILES string of the molecule is COCCOCC(=O)N[C@@H](CO)c1ccccc1. The summed E-state index contributed by atoms with van der Waals surface area (Å²) in [6.45, 7) is 0.648. The maximum atomic E-state index is 11.6. The number of amides is 1. The van der Waals surface area contributed by atoms with E-state index in [1.807, 2.05) is 30.3 Å². The smallest absolute Gasteiger partial charge is 0.246 e. The number of aliphatic hydroxyl groups is 1. The van der Waals surface area contributed by atoms with Gasteiger partial charge >= 0.3 is 0 Å². The third-order valence-electron chi connectivity index (χ3n) is 2.38. The van der Waals surface area contributed by atoms with Gasteiger partial charge < -0.3 is 19.9 Å². The summed E-state index contributed by atoms with van der Waals surface area (Å²) < 4.78 is 9.90. The average Bonchev–Trinajstić information content (AvgIpc) is 2.42. The first-order valence-corrected chi connectivity index (χ1v) is 5.79. The summed E-state index contributed by atoms with van der Waals surface area (Å²) in [4.78, 5) is 11.6. The van der Waals surface area contributed by atoms with Gasteiger partial charge in [0.25, 0.3) is 0 Å². The quantitative estimate of drug-likeness (QED) is 0.662. The highest BCUT2D eigenvalue weighted by atomic mass is 16.5. The molecule has 0 unspecified atom stereocenters. The molecule has 0 aliphatic carbocycles. The molecule has 0 spiro atoms. The predicted molar refractivity (Wildman–Crippen MR) is 67.1 cm³/mol. The van der Waals surface area contributed by atoms with Gasteiger partial charge in [-0.2, -0.15) is 0 Å². The number of hydrogen-bond acceptors (Lipinski definition) is 4. The van der Waals surface area contributed by atoms with Gasteiger partial charge in [0.1, 0.15) is 6.61 Å². The summed E-state index contributed by atoms with van der Waals surface area (Å²) in [6.07, 6.45) is 0. The van der Waals surface area contributed by atoms with E-state index in [0.717, 1.165) is 5.56 Å². The van der Waals surface area contributed by atoms with Crippen LogP contribution in [0.4, 0.5) is 0 Å². The summed E-state index contributed by atoms with van der Waals surface area (Å²) in [5, 5.41) is 12.0. The number of benzene rings is 1. The molecule has 0 fully saturated rings. The summed E-state index contributed by atoms with van der Waals surface area (Å²) in [5.74, 6) is -0.256. The van der Waals surface area contributed by atoms with Crippen LogP contribution in [0.1, 0.15) is 11.6 Å². The molecule has 0 heterocycles. The molecule has 18 heavy (non-hydrogen) atoms. The van der Waals surface area contributed by atoms with Gasteiger partial charge in [0.15, 0.2) is 0 Å². The number of carbonyl (C=O) groups is 1. The van der Waals surface area contributed by atoms with E-state index in [-0.39, 0.29) is 19.1 Å². The predicted octanol–water partition coefficient (Wildman–Crippen LogP) is 0.499. The summed E-state index contributed by atoms with van der Waals surface area (Å²) in [5.41, 5.74) is 0.866. The lowest BCUT2D eigenvalue weighted by Gasteiger charge is -2.16. The largest absolute Gasteiger partial charge is 0.394 e. The Morgan fingerprint density at radius 1 is 1.33 bits per heavy atom. The van der Waals surface area contributed by atoms with Crippen molar-refractivity contribution in [2.75, 3.05) is 33.5 Å². The van der Waals surface area contributed by atoms with Crippen molar-refractivity contribution in [3.63, 3.8) is 0 Å². The monoisotopic (exact) mass is 253 g/mol. The topological polar surface area (TPSA) is 67.8 Å². The fourth-order valence-electron chi connectivity index (χ4n) is 1.46. The molecule has 0 radical (unpaired) electrons. The second-order valence-electron chi connectivity index (χ2n) is 3.76. The van der Waals surface area contributed by atoms with Crippen LogP contribution in [0.5, 0.6) is 0 Å². The first-order valence-electron chi connectivity index (χ1n) is 5.79. The molecule has 0 bridgehead atoms. The molecule has 1 amide bonds. The normalized spacial score (nSPS) is 12.1. The lowest BCUT2D eigenvalue weighted by Crippen LogP contribution is -2.33. The summed E-state index contributed by atoms with van der Waals surface area (Å²) in [6, 6.07) is 8.91. The molecular weight excluding hydrogens is 234 g/mol. The Morgan fingerprint density at radius 3 is 2.67 bits per heavy atom. The van der Waals surface area contributed by atoms with E-state index in [1.165, 1.54) is 0 Å². The van der Waals surface area contributed by atoms with Crippen molar-refractivity contribution >= 4 is 5.91 Å². The van der Waals surface area contributed by atoms with Gasteiger partial charge in [0.05, 0.1) is 25.9 Å². The summed E-state index contributed by atoms with van der Waals surface area (Å²) >= 11 is 0. The maximum Gasteiger partial charge on any atom is 0.246 e. The maximum absolute atomic E-state index is 11.6. The van der Waals surface area contributed by atoms with Crippen molar-refractivity contribution in [1.29, 1.82) is 0 Å². The van der Waals surface area contributed by atoms with Crippen LogP contribution in [0.15, 0.2) is 30.3 Å². The lowest BCUT2D eigenvalue weighted by molar-refractivity contribution is -0.127. The summed E-state index contributed by atoms with van der Waals surface area (Å²) in [7, 11) is 1.57. The van der Waals surface area contributed by atoms with Crippen LogP contribution in [0, 0.1) is 0 Å². The molecule has 0 aromatic heterocycles. The highest BCUT2D eigenvalue weighted by Crippen LogP contribution is 2.11. The molecule has 1 aromatic rings. The number of ether oxygens (including phenoxy) is 2. The minimum atomic E-state index is -0.398. The highest BCUT2D eigenvalue weighted by molar-refractivity contribution is 5.77. The molecule has 1 rings (SSSR count). The van der Waals surface area contributed by atoms with Crippen LogP contribution in [0.3, 0.4) is 0 Å². The van der Waals surface area contributed by atoms with Gasteiger partial charge in [-0.1, -0.05) is 30.3 Å². The molecule has 1 atom stereocenters. The first-order chi connectivity index (χ1) is 8.77. The number of methoxy groups -OCH3 is 1. The van der Waals surface area contributed by atoms with Crippen molar-refractivity contribution in [3.05, 3.63) is 35.9 Å². The molecule has 0 saturated carbocycles. The Balaban J connectivity index is 2.37. The van der Waals surface area contributed by atoms with Gasteiger partial charge in [-0.05, 0) is 5.56 Å². The lowest BCUT2D eigenvalue weighted by atomic mass is 10.1. The standard InChI is InChI=1S/C13H19NO4/c1-17-7-8-18-10-13(16)14-12(9-15)11-5-3-2-4-6-11/h2-6,12,15H,7-10H2,1H3,(H,14,16)/t12-/m0/s1. The Bertz CT molecular complexity index is 342. The third-order valence-corrected chi connectivity index (χ3v) is 2.38. The Morgan fingerprint density at radius 2 is 2.06 bits per heavy atom. The van der Waals surface area contributed by atoms with Gasteiger partial charge in [0.2, 0.25) is 5.91 Å². The fraction of sp³-hybridized carbons (Fsp3) is 0.462. The molecular formula is C13H19NO4. The molecule has 0 aliphatic rings. The zero-order chi connectivity index (χ0) is 13.2. The molecule has 1 aromatic carbocycles. The van der Waals surface area contributed by atoms with Crippen molar-refractivity contribution < 1.29 is 19.4 Å². The van der Waals surface area contributed by atoms with E-state index in [0.29, 0.717) is 13.2 Å². The van der Waals surface area contributed by atoms with Crippen LogP contribution in [0.25, 0.3) is 0 Å². The van der Waals surface area contributed by atoms with Gasteiger partial charge in [-0.15, -0.1) is 0 Å². The van der Waals surface area contributed by atoms with Crippen LogP contribution in [-0.2, 0) is 14.3 Å². The first kappa shape index (κ1) is 14.6. The van der Waals surface area contributed by atoms with Crippen LogP contribution in [-0.4, -0.2) is 44.6 Å². The number of rotatable bonds is 8. The van der Waals surface area contributed by atoms with Crippen molar-refractivity contribution in [2.45, 2.75) is 6.04 Å². The molecule has 5 nitrogen and oxygen atoms in total. The molecule has 2 N–H and O–H groups in total. The van der Waals surface area contributed by atoms with Gasteiger partial charge in [-0.3, -0.25) is 4.79 Å².